The van der Waals surface area contributed by atoms with Crippen molar-refractivity contribution in [2.45, 2.75) is 24.5 Å². The number of ketones is 2. The summed E-state index contributed by atoms with van der Waals surface area (Å²) in [5, 5.41) is 45.6. The summed E-state index contributed by atoms with van der Waals surface area (Å²) < 4.78 is 28.4. The van der Waals surface area contributed by atoms with Crippen molar-refractivity contribution in [1.82, 2.24) is 4.90 Å². The monoisotopic (exact) mass is 569 g/mol. The minimum Gasteiger partial charge on any atom is -0.508 e. The first kappa shape index (κ1) is 28.2. The first-order valence-corrected chi connectivity index (χ1v) is 12.8. The number of aliphatic hydroxyl groups excluding tert-OH is 2. The molecule has 1 fully saturated rings. The van der Waals surface area contributed by atoms with Crippen molar-refractivity contribution in [3.8, 4) is 16.9 Å². The number of phenols is 1. The van der Waals surface area contributed by atoms with E-state index in [4.69, 9.17) is 5.73 Å². The summed E-state index contributed by atoms with van der Waals surface area (Å²) >= 11 is 0. The molecular weight excluding hydrogens is 540 g/mol. The van der Waals surface area contributed by atoms with Crippen LogP contribution in [0.3, 0.4) is 0 Å². The zero-order chi connectivity index (χ0) is 30.3. The number of carbonyl (C=O) groups is 3. The fraction of sp³-hybridized carbons (Fsp3) is 0.345. The number of aliphatic hydroxyl groups is 3. The number of nitrogens with zero attached hydrogens (tertiary/aromatic N) is 2. The van der Waals surface area contributed by atoms with E-state index in [-0.39, 0.29) is 35.1 Å². The van der Waals surface area contributed by atoms with Gasteiger partial charge in [-0.05, 0) is 56.6 Å². The Morgan fingerprint density at radius 3 is 2.27 bits per heavy atom. The summed E-state index contributed by atoms with van der Waals surface area (Å²) in [5.41, 5.74) is 1.81. The van der Waals surface area contributed by atoms with Crippen LogP contribution in [0.2, 0.25) is 0 Å². The molecule has 0 heterocycles. The van der Waals surface area contributed by atoms with E-state index >= 15 is 0 Å². The van der Waals surface area contributed by atoms with Gasteiger partial charge in [-0.1, -0.05) is 0 Å². The molecule has 1 saturated carbocycles. The largest absolute Gasteiger partial charge is 0.508 e. The van der Waals surface area contributed by atoms with Crippen LogP contribution in [-0.2, 0) is 20.8 Å². The molecule has 0 unspecified atom stereocenters. The smallest absolute Gasteiger partial charge is 0.255 e. The van der Waals surface area contributed by atoms with Gasteiger partial charge in [0.25, 0.3) is 5.91 Å². The van der Waals surface area contributed by atoms with Crippen molar-refractivity contribution in [1.29, 1.82) is 0 Å². The van der Waals surface area contributed by atoms with Crippen LogP contribution >= 0.6 is 0 Å². The number of rotatable bonds is 4. The lowest BCUT2D eigenvalue weighted by molar-refractivity contribution is -0.153. The van der Waals surface area contributed by atoms with Crippen LogP contribution < -0.4 is 10.6 Å². The van der Waals surface area contributed by atoms with Crippen molar-refractivity contribution < 1.29 is 43.6 Å². The minimum atomic E-state index is -2.77. The molecule has 3 aliphatic rings. The molecule has 10 nitrogen and oxygen atoms in total. The fourth-order valence-electron chi connectivity index (χ4n) is 6.60. The number of aromatic hydroxyl groups is 1. The highest BCUT2D eigenvalue weighted by atomic mass is 19.1. The molecule has 0 bridgehead atoms. The van der Waals surface area contributed by atoms with E-state index in [9.17, 15) is 43.6 Å². The highest BCUT2D eigenvalue weighted by molar-refractivity contribution is 6.24. The second kappa shape index (κ2) is 9.38. The van der Waals surface area contributed by atoms with Gasteiger partial charge in [0.05, 0.1) is 11.6 Å². The summed E-state index contributed by atoms with van der Waals surface area (Å²) in [7, 11) is 6.42. The second-order valence-electron chi connectivity index (χ2n) is 11.1. The number of fused-ring (bicyclic) bond motifs is 3. The number of halogens is 2. The third kappa shape index (κ3) is 3.85. The molecule has 2 aromatic carbocycles. The quantitative estimate of drug-likeness (QED) is 0.346. The Balaban J connectivity index is 1.78. The topological polar surface area (TPSA) is 165 Å². The molecule has 1 amide bonds. The summed E-state index contributed by atoms with van der Waals surface area (Å²) in [6.07, 6.45) is 0.00945. The second-order valence-corrected chi connectivity index (χ2v) is 11.1. The average Bonchev–Trinajstić information content (AvgIpc) is 2.86. The number of benzene rings is 2. The van der Waals surface area contributed by atoms with E-state index < -0.39 is 75.4 Å². The van der Waals surface area contributed by atoms with Crippen molar-refractivity contribution >= 4 is 28.9 Å². The van der Waals surface area contributed by atoms with E-state index in [1.54, 1.807) is 19.0 Å². The maximum absolute atomic E-state index is 14.8. The van der Waals surface area contributed by atoms with Crippen LogP contribution in [0.1, 0.15) is 17.5 Å². The molecule has 41 heavy (non-hydrogen) atoms. The number of carbonyl (C=O) groups excluding carboxylic acids is 3. The standard InChI is InChI=1S/C29H29F2N3O7/c1-33(2)18-10-14(13-6-5-12(30)9-17(13)31)23(35)20-15(18)7-11-8-16-22(34(3)4)25(37)21(28(32)40)27(39)29(16,41)26(38)19(11)24(20)36/h5-6,9-11,16,22,35-36,39,41H,7-8H2,1-4H3,(H2,32,40)/t11-,16+,22+,29+/m1/s1. The molecule has 4 atom stereocenters. The number of nitrogens with two attached hydrogens (primary N) is 1. The first-order valence-electron chi connectivity index (χ1n) is 12.8. The van der Waals surface area contributed by atoms with Gasteiger partial charge in [0.1, 0.15) is 34.5 Å². The molecule has 3 aliphatic carbocycles. The van der Waals surface area contributed by atoms with E-state index in [0.29, 0.717) is 17.3 Å². The van der Waals surface area contributed by atoms with Crippen molar-refractivity contribution in [2.24, 2.45) is 17.6 Å². The van der Waals surface area contributed by atoms with Crippen LogP contribution in [-0.4, -0.2) is 82.6 Å². The maximum atomic E-state index is 14.8. The highest BCUT2D eigenvalue weighted by Crippen LogP contribution is 2.55. The number of hydrogen-bond donors (Lipinski definition) is 5. The van der Waals surface area contributed by atoms with E-state index in [1.807, 2.05) is 0 Å². The zero-order valence-electron chi connectivity index (χ0n) is 22.7. The molecule has 0 radical (unpaired) electrons. The Bertz CT molecular complexity index is 1610. The molecule has 2 aromatic rings. The minimum absolute atomic E-state index is 0.0618. The van der Waals surface area contributed by atoms with Gasteiger partial charge in [-0.25, -0.2) is 8.78 Å². The third-order valence-corrected chi connectivity index (χ3v) is 8.40. The van der Waals surface area contributed by atoms with Gasteiger partial charge in [-0.2, -0.15) is 0 Å². The summed E-state index contributed by atoms with van der Waals surface area (Å²) in [6, 6.07) is 3.09. The first-order chi connectivity index (χ1) is 19.1. The lowest BCUT2D eigenvalue weighted by Crippen LogP contribution is -2.65. The number of phenolic OH excluding ortho intramolecular Hbond substituents is 1. The van der Waals surface area contributed by atoms with Crippen LogP contribution in [0.4, 0.5) is 14.5 Å². The number of anilines is 1. The molecule has 6 N–H and O–H groups in total. The summed E-state index contributed by atoms with van der Waals surface area (Å²) in [4.78, 5) is 42.5. The molecular formula is C29H29F2N3O7. The van der Waals surface area contributed by atoms with Gasteiger partial charge < -0.3 is 31.1 Å². The fourth-order valence-corrected chi connectivity index (χ4v) is 6.60. The van der Waals surface area contributed by atoms with Crippen LogP contribution in [0.5, 0.6) is 5.75 Å². The molecule has 5 rings (SSSR count). The van der Waals surface area contributed by atoms with Crippen molar-refractivity contribution in [2.75, 3.05) is 33.1 Å². The number of amides is 1. The molecule has 216 valence electrons. The summed E-state index contributed by atoms with van der Waals surface area (Å²) in [5.74, 6) is -9.54. The predicted molar refractivity (Wildman–Crippen MR) is 144 cm³/mol. The number of likely N-dealkylation sites (N-methyl/N-ethyl adjacent to an activating group) is 1. The van der Waals surface area contributed by atoms with Crippen LogP contribution in [0, 0.1) is 23.5 Å². The Labute approximate surface area is 233 Å². The highest BCUT2D eigenvalue weighted by Gasteiger charge is 2.64. The molecule has 0 aromatic heterocycles. The van der Waals surface area contributed by atoms with Gasteiger partial charge in [0.2, 0.25) is 5.78 Å². The van der Waals surface area contributed by atoms with E-state index in [2.05, 4.69) is 0 Å². The molecule has 12 heteroatoms. The number of primary amides is 1. The Morgan fingerprint density at radius 1 is 1.05 bits per heavy atom. The number of hydrogen-bond acceptors (Lipinski definition) is 9. The van der Waals surface area contributed by atoms with Crippen LogP contribution in [0.25, 0.3) is 16.9 Å². The Kier molecular flexibility index (Phi) is 6.47. The van der Waals surface area contributed by atoms with E-state index in [1.165, 1.54) is 25.1 Å². The van der Waals surface area contributed by atoms with Gasteiger partial charge in [-0.15, -0.1) is 0 Å². The van der Waals surface area contributed by atoms with Crippen molar-refractivity contribution in [3.63, 3.8) is 0 Å². The van der Waals surface area contributed by atoms with Crippen molar-refractivity contribution in [3.05, 3.63) is 63.9 Å². The normalized spacial score (nSPS) is 25.7. The lowest BCUT2D eigenvalue weighted by atomic mass is 9.57. The number of Topliss-reactive ketones (excluding diaryl/α,β-unsaturated/α-hetero) is 2. The lowest BCUT2D eigenvalue weighted by Gasteiger charge is -2.50. The third-order valence-electron chi connectivity index (χ3n) is 8.40. The van der Waals surface area contributed by atoms with Crippen LogP contribution in [0.15, 0.2) is 41.2 Å². The molecule has 0 spiro atoms. The maximum Gasteiger partial charge on any atom is 0.255 e. The van der Waals surface area contributed by atoms with Gasteiger partial charge in [0, 0.05) is 48.5 Å². The van der Waals surface area contributed by atoms with Gasteiger partial charge in [0.15, 0.2) is 11.4 Å². The van der Waals surface area contributed by atoms with E-state index in [0.717, 1.165) is 12.1 Å². The Hall–Kier alpha value is -4.29. The Morgan fingerprint density at radius 2 is 1.71 bits per heavy atom. The molecule has 0 aliphatic heterocycles. The summed E-state index contributed by atoms with van der Waals surface area (Å²) in [6.45, 7) is 0. The SMILES string of the molecule is CN(C)c1cc(-c2ccc(F)cc2F)c(O)c2c1C[C@@H]1C[C@H]3[C@H](N(C)C)C(=O)C(C(N)=O)=C(O)[C@@]3(O)C(=O)C1=C2O. The zero-order valence-corrected chi connectivity index (χ0v) is 22.7. The predicted octanol–water partition coefficient (Wildman–Crippen LogP) is 1.98. The molecule has 0 saturated heterocycles. The van der Waals surface area contributed by atoms with Gasteiger partial charge >= 0.3 is 0 Å². The average molecular weight is 570 g/mol. The van der Waals surface area contributed by atoms with Gasteiger partial charge in [-0.3, -0.25) is 19.3 Å².